The van der Waals surface area contributed by atoms with Gasteiger partial charge >= 0.3 is 0 Å². The van der Waals surface area contributed by atoms with Crippen molar-refractivity contribution in [1.29, 1.82) is 0 Å². The molecule has 0 saturated carbocycles. The summed E-state index contributed by atoms with van der Waals surface area (Å²) in [7, 11) is 0. The van der Waals surface area contributed by atoms with Gasteiger partial charge in [0.15, 0.2) is 0 Å². The van der Waals surface area contributed by atoms with Crippen LogP contribution in [0, 0.1) is 13.8 Å². The number of nitrogens with zero attached hydrogens (tertiary/aromatic N) is 2. The molecule has 1 saturated heterocycles. The number of carbonyl (C=O) groups excluding carboxylic acids is 1. The summed E-state index contributed by atoms with van der Waals surface area (Å²) in [6, 6.07) is 0. The van der Waals surface area contributed by atoms with Crippen LogP contribution >= 0.6 is 0 Å². The van der Waals surface area contributed by atoms with Gasteiger partial charge in [-0.2, -0.15) is 0 Å². The number of aryl methyl sites for hydroxylation is 2. The Balaban J connectivity index is 2.14. The molecule has 1 amide bonds. The number of nitrogens with one attached hydrogen (secondary N) is 1. The minimum Gasteiger partial charge on any atom is -0.361 e. The first-order valence-electron chi connectivity index (χ1n) is 6.03. The maximum atomic E-state index is 12.3. The summed E-state index contributed by atoms with van der Waals surface area (Å²) in [6.45, 7) is 8.99. The van der Waals surface area contributed by atoms with Crippen molar-refractivity contribution in [1.82, 2.24) is 15.4 Å². The molecule has 5 nitrogen and oxygen atoms in total. The van der Waals surface area contributed by atoms with Crippen LogP contribution in [-0.4, -0.2) is 42.1 Å². The summed E-state index contributed by atoms with van der Waals surface area (Å²) >= 11 is 0. The summed E-state index contributed by atoms with van der Waals surface area (Å²) < 4.78 is 5.12. The number of aromatic nitrogens is 1. The van der Waals surface area contributed by atoms with Gasteiger partial charge in [-0.3, -0.25) is 4.79 Å². The largest absolute Gasteiger partial charge is 0.361 e. The fourth-order valence-corrected chi connectivity index (χ4v) is 2.39. The number of carbonyl (C=O) groups is 1. The summed E-state index contributed by atoms with van der Waals surface area (Å²) in [6.07, 6.45) is 0. The van der Waals surface area contributed by atoms with Gasteiger partial charge in [0.1, 0.15) is 5.76 Å². The molecule has 17 heavy (non-hydrogen) atoms. The fourth-order valence-electron chi connectivity index (χ4n) is 2.39. The Morgan fingerprint density at radius 3 is 2.59 bits per heavy atom. The molecule has 1 aromatic rings. The van der Waals surface area contributed by atoms with Crippen molar-refractivity contribution in [3.05, 3.63) is 17.0 Å². The molecule has 0 bridgehead atoms. The first-order valence-corrected chi connectivity index (χ1v) is 6.03. The number of hydrogen-bond donors (Lipinski definition) is 1. The van der Waals surface area contributed by atoms with Crippen LogP contribution in [0.3, 0.4) is 0 Å². The molecule has 1 aliphatic heterocycles. The highest BCUT2D eigenvalue weighted by Crippen LogP contribution is 2.24. The van der Waals surface area contributed by atoms with Gasteiger partial charge in [0.2, 0.25) is 5.91 Å². The molecule has 94 valence electrons. The molecular weight excluding hydrogens is 218 g/mol. The van der Waals surface area contributed by atoms with Gasteiger partial charge in [-0.15, -0.1) is 0 Å². The Hall–Kier alpha value is -1.36. The van der Waals surface area contributed by atoms with Crippen LogP contribution in [0.15, 0.2) is 4.52 Å². The van der Waals surface area contributed by atoms with E-state index in [1.54, 1.807) is 0 Å². The Bertz CT molecular complexity index is 388. The lowest BCUT2D eigenvalue weighted by molar-refractivity contribution is -0.133. The molecule has 0 aromatic carbocycles. The number of amides is 1. The number of rotatable bonds is 2. The number of hydrogen-bond acceptors (Lipinski definition) is 4. The molecule has 5 heteroatoms. The zero-order valence-electron chi connectivity index (χ0n) is 10.6. The zero-order valence-corrected chi connectivity index (χ0v) is 10.6. The SMILES string of the molecule is Cc1noc(C)c1[C@H](C)C(=O)N1CCNCC1. The average Bonchev–Trinajstić information content (AvgIpc) is 2.68. The lowest BCUT2D eigenvalue weighted by atomic mass is 9.98. The third kappa shape index (κ3) is 2.34. The standard InChI is InChI=1S/C12H19N3O2/c1-8(11-9(2)14-17-10(11)3)12(16)15-6-4-13-5-7-15/h8,13H,4-7H2,1-3H3/t8-/m0/s1. The normalized spacial score (nSPS) is 18.2. The molecule has 1 atom stereocenters. The Kier molecular flexibility index (Phi) is 3.47. The maximum absolute atomic E-state index is 12.3. The van der Waals surface area contributed by atoms with E-state index in [4.69, 9.17) is 4.52 Å². The second-order valence-corrected chi connectivity index (χ2v) is 4.53. The van der Waals surface area contributed by atoms with Crippen LogP contribution in [0.1, 0.15) is 29.9 Å². The van der Waals surface area contributed by atoms with Crippen LogP contribution in [0.5, 0.6) is 0 Å². The van der Waals surface area contributed by atoms with Gasteiger partial charge < -0.3 is 14.7 Å². The van der Waals surface area contributed by atoms with E-state index in [1.807, 2.05) is 25.7 Å². The summed E-state index contributed by atoms with van der Waals surface area (Å²) in [4.78, 5) is 14.2. The van der Waals surface area contributed by atoms with E-state index in [9.17, 15) is 4.79 Å². The smallest absolute Gasteiger partial charge is 0.230 e. The van der Waals surface area contributed by atoms with E-state index in [-0.39, 0.29) is 11.8 Å². The fraction of sp³-hybridized carbons (Fsp3) is 0.667. The predicted molar refractivity (Wildman–Crippen MR) is 63.8 cm³/mol. The molecule has 1 aromatic heterocycles. The lowest BCUT2D eigenvalue weighted by Gasteiger charge is -2.29. The van der Waals surface area contributed by atoms with Crippen LogP contribution < -0.4 is 5.32 Å². The van der Waals surface area contributed by atoms with Crippen LogP contribution in [0.4, 0.5) is 0 Å². The molecule has 0 spiro atoms. The second kappa shape index (κ2) is 4.87. The van der Waals surface area contributed by atoms with E-state index in [2.05, 4.69) is 10.5 Å². The Morgan fingerprint density at radius 2 is 2.06 bits per heavy atom. The summed E-state index contributed by atoms with van der Waals surface area (Å²) in [5, 5.41) is 7.15. The topological polar surface area (TPSA) is 58.4 Å². The molecule has 1 fully saturated rings. The molecule has 2 rings (SSSR count). The number of piperazine rings is 1. The van der Waals surface area contributed by atoms with Crippen molar-refractivity contribution < 1.29 is 9.32 Å². The average molecular weight is 237 g/mol. The maximum Gasteiger partial charge on any atom is 0.230 e. The van der Waals surface area contributed by atoms with Crippen LogP contribution in [0.2, 0.25) is 0 Å². The van der Waals surface area contributed by atoms with Crippen molar-refractivity contribution in [3.63, 3.8) is 0 Å². The van der Waals surface area contributed by atoms with Crippen LogP contribution in [-0.2, 0) is 4.79 Å². The minimum absolute atomic E-state index is 0.167. The Labute approximate surface area is 101 Å². The van der Waals surface area contributed by atoms with E-state index >= 15 is 0 Å². The molecule has 2 heterocycles. The van der Waals surface area contributed by atoms with Crippen molar-refractivity contribution in [2.45, 2.75) is 26.7 Å². The zero-order chi connectivity index (χ0) is 12.4. The van der Waals surface area contributed by atoms with Crippen molar-refractivity contribution in [2.24, 2.45) is 0 Å². The predicted octanol–water partition coefficient (Wildman–Crippen LogP) is 0.827. The highest BCUT2D eigenvalue weighted by molar-refractivity contribution is 5.84. The third-order valence-electron chi connectivity index (χ3n) is 3.32. The second-order valence-electron chi connectivity index (χ2n) is 4.53. The lowest BCUT2D eigenvalue weighted by Crippen LogP contribution is -2.47. The van der Waals surface area contributed by atoms with Gasteiger partial charge in [-0.25, -0.2) is 0 Å². The monoisotopic (exact) mass is 237 g/mol. The van der Waals surface area contributed by atoms with Crippen LogP contribution in [0.25, 0.3) is 0 Å². The van der Waals surface area contributed by atoms with E-state index < -0.39 is 0 Å². The molecule has 1 aliphatic rings. The van der Waals surface area contributed by atoms with Gasteiger partial charge in [0.05, 0.1) is 11.6 Å². The highest BCUT2D eigenvalue weighted by atomic mass is 16.5. The molecule has 0 aliphatic carbocycles. The molecule has 1 N–H and O–H groups in total. The summed E-state index contributed by atoms with van der Waals surface area (Å²) in [5.74, 6) is 0.749. The molecule has 0 radical (unpaired) electrons. The first-order chi connectivity index (χ1) is 8.11. The first kappa shape index (κ1) is 12.1. The van der Waals surface area contributed by atoms with Crippen molar-refractivity contribution >= 4 is 5.91 Å². The van der Waals surface area contributed by atoms with E-state index in [0.717, 1.165) is 43.2 Å². The minimum atomic E-state index is -0.167. The summed E-state index contributed by atoms with van der Waals surface area (Å²) in [5.41, 5.74) is 1.76. The molecule has 0 unspecified atom stereocenters. The molecular formula is C12H19N3O2. The van der Waals surface area contributed by atoms with E-state index in [1.165, 1.54) is 0 Å². The van der Waals surface area contributed by atoms with Gasteiger partial charge in [0, 0.05) is 31.7 Å². The quantitative estimate of drug-likeness (QED) is 0.827. The third-order valence-corrected chi connectivity index (χ3v) is 3.32. The van der Waals surface area contributed by atoms with Gasteiger partial charge in [-0.1, -0.05) is 5.16 Å². The Morgan fingerprint density at radius 1 is 1.41 bits per heavy atom. The highest BCUT2D eigenvalue weighted by Gasteiger charge is 2.27. The van der Waals surface area contributed by atoms with Gasteiger partial charge in [-0.05, 0) is 20.8 Å². The van der Waals surface area contributed by atoms with Gasteiger partial charge in [0.25, 0.3) is 0 Å². The van der Waals surface area contributed by atoms with Crippen molar-refractivity contribution in [2.75, 3.05) is 26.2 Å². The van der Waals surface area contributed by atoms with E-state index in [0.29, 0.717) is 0 Å². The van der Waals surface area contributed by atoms with Crippen molar-refractivity contribution in [3.8, 4) is 0 Å².